The average molecular weight is 298 g/mol. The van der Waals surface area contributed by atoms with Gasteiger partial charge in [0.05, 0.1) is 13.2 Å². The molecule has 1 unspecified atom stereocenters. The second kappa shape index (κ2) is 8.85. The fourth-order valence-electron chi connectivity index (χ4n) is 2.10. The first-order chi connectivity index (χ1) is 9.12. The summed E-state index contributed by atoms with van der Waals surface area (Å²) >= 11 is 0. The fourth-order valence-corrected chi connectivity index (χ4v) is 2.10. The molecule has 3 nitrogen and oxygen atoms in total. The van der Waals surface area contributed by atoms with E-state index in [-0.39, 0.29) is 18.6 Å². The number of alkyl halides is 3. The Labute approximate surface area is 120 Å². The van der Waals surface area contributed by atoms with Crippen molar-refractivity contribution in [2.45, 2.75) is 40.3 Å². The van der Waals surface area contributed by atoms with Gasteiger partial charge in [-0.1, -0.05) is 27.7 Å². The molecule has 122 valence electrons. The summed E-state index contributed by atoms with van der Waals surface area (Å²) in [5.41, 5.74) is -0.227. The number of nitrogens with zero attached hydrogens (tertiary/aromatic N) is 1. The molecule has 0 amide bonds. The minimum atomic E-state index is -4.23. The van der Waals surface area contributed by atoms with Gasteiger partial charge in [0.2, 0.25) is 0 Å². The third-order valence-corrected chi connectivity index (χ3v) is 3.38. The van der Waals surface area contributed by atoms with E-state index in [1.165, 1.54) is 4.90 Å². The van der Waals surface area contributed by atoms with Crippen LogP contribution in [0.25, 0.3) is 0 Å². The van der Waals surface area contributed by atoms with E-state index in [4.69, 9.17) is 5.11 Å². The number of aliphatic hydroxyl groups is 1. The number of nitrogens with one attached hydrogen (secondary N) is 1. The summed E-state index contributed by atoms with van der Waals surface area (Å²) < 4.78 is 37.6. The van der Waals surface area contributed by atoms with Gasteiger partial charge >= 0.3 is 6.18 Å². The maximum atomic E-state index is 12.5. The Morgan fingerprint density at radius 3 is 2.20 bits per heavy atom. The van der Waals surface area contributed by atoms with Crippen LogP contribution in [0.4, 0.5) is 13.2 Å². The van der Waals surface area contributed by atoms with Crippen LogP contribution in [-0.4, -0.2) is 55.5 Å². The molecule has 0 spiro atoms. The third-order valence-electron chi connectivity index (χ3n) is 3.38. The Hall–Kier alpha value is -0.330. The number of rotatable bonds is 10. The molecule has 0 saturated carbocycles. The smallest absolute Gasteiger partial charge is 0.395 e. The Balaban J connectivity index is 4.51. The molecule has 0 aliphatic rings. The molecule has 1 atom stereocenters. The van der Waals surface area contributed by atoms with E-state index in [1.807, 2.05) is 13.8 Å². The standard InChI is InChI=1S/C14H29F3N2O/c1-5-13(4,9-18-8-12(2)3)10-19(6-7-20)11-14(15,16)17/h12,18,20H,5-11H2,1-4H3. The van der Waals surface area contributed by atoms with Crippen LogP contribution in [0, 0.1) is 11.3 Å². The van der Waals surface area contributed by atoms with E-state index in [0.29, 0.717) is 19.0 Å². The molecule has 0 aliphatic carbocycles. The number of hydrogen-bond donors (Lipinski definition) is 2. The van der Waals surface area contributed by atoms with Crippen LogP contribution >= 0.6 is 0 Å². The van der Waals surface area contributed by atoms with Gasteiger partial charge in [0.25, 0.3) is 0 Å². The van der Waals surface area contributed by atoms with Crippen LogP contribution in [0.15, 0.2) is 0 Å². The third kappa shape index (κ3) is 9.55. The van der Waals surface area contributed by atoms with Gasteiger partial charge in [-0.25, -0.2) is 0 Å². The van der Waals surface area contributed by atoms with Crippen molar-refractivity contribution in [3.63, 3.8) is 0 Å². The minimum absolute atomic E-state index is 0.0548. The lowest BCUT2D eigenvalue weighted by Crippen LogP contribution is -2.46. The van der Waals surface area contributed by atoms with Gasteiger partial charge in [0.15, 0.2) is 0 Å². The van der Waals surface area contributed by atoms with Crippen molar-refractivity contribution in [1.29, 1.82) is 0 Å². The van der Waals surface area contributed by atoms with E-state index in [1.54, 1.807) is 0 Å². The SMILES string of the molecule is CCC(C)(CNCC(C)C)CN(CCO)CC(F)(F)F. The second-order valence-electron chi connectivity index (χ2n) is 6.24. The Kier molecular flexibility index (Phi) is 8.70. The topological polar surface area (TPSA) is 35.5 Å². The van der Waals surface area contributed by atoms with Crippen LogP contribution < -0.4 is 5.32 Å². The summed E-state index contributed by atoms with van der Waals surface area (Å²) in [6.07, 6.45) is -3.44. The molecule has 0 bridgehead atoms. The van der Waals surface area contributed by atoms with Crippen molar-refractivity contribution in [2.75, 3.05) is 39.3 Å². The van der Waals surface area contributed by atoms with Crippen LogP contribution in [-0.2, 0) is 0 Å². The van der Waals surface area contributed by atoms with Crippen molar-refractivity contribution in [1.82, 2.24) is 10.2 Å². The van der Waals surface area contributed by atoms with E-state index >= 15 is 0 Å². The largest absolute Gasteiger partial charge is 0.401 e. The van der Waals surface area contributed by atoms with E-state index in [0.717, 1.165) is 13.0 Å². The molecule has 0 aromatic heterocycles. The highest BCUT2D eigenvalue weighted by molar-refractivity contribution is 4.81. The molecule has 2 N–H and O–H groups in total. The fraction of sp³-hybridized carbons (Fsp3) is 1.00. The maximum absolute atomic E-state index is 12.5. The van der Waals surface area contributed by atoms with Gasteiger partial charge < -0.3 is 10.4 Å². The Morgan fingerprint density at radius 2 is 1.80 bits per heavy atom. The monoisotopic (exact) mass is 298 g/mol. The first-order valence-corrected chi connectivity index (χ1v) is 7.22. The first kappa shape index (κ1) is 19.7. The zero-order chi connectivity index (χ0) is 15.8. The Bertz CT molecular complexity index is 259. The van der Waals surface area contributed by atoms with E-state index in [9.17, 15) is 13.2 Å². The van der Waals surface area contributed by atoms with Gasteiger partial charge in [0, 0.05) is 19.6 Å². The minimum Gasteiger partial charge on any atom is -0.395 e. The summed E-state index contributed by atoms with van der Waals surface area (Å²) in [4.78, 5) is 1.29. The summed E-state index contributed by atoms with van der Waals surface area (Å²) in [5, 5.41) is 12.2. The van der Waals surface area contributed by atoms with E-state index in [2.05, 4.69) is 19.2 Å². The molecule has 20 heavy (non-hydrogen) atoms. The summed E-state index contributed by atoms with van der Waals surface area (Å²) in [6, 6.07) is 0. The van der Waals surface area contributed by atoms with Crippen LogP contribution in [0.3, 0.4) is 0 Å². The van der Waals surface area contributed by atoms with Crippen molar-refractivity contribution in [3.05, 3.63) is 0 Å². The maximum Gasteiger partial charge on any atom is 0.401 e. The summed E-state index contributed by atoms with van der Waals surface area (Å²) in [5.74, 6) is 0.514. The molecule has 0 saturated heterocycles. The molecule has 0 radical (unpaired) electrons. The van der Waals surface area contributed by atoms with Gasteiger partial charge in [0.1, 0.15) is 0 Å². The van der Waals surface area contributed by atoms with Crippen LogP contribution in [0.2, 0.25) is 0 Å². The number of halogens is 3. The predicted molar refractivity (Wildman–Crippen MR) is 75.7 cm³/mol. The molecule has 0 aromatic carbocycles. The quantitative estimate of drug-likeness (QED) is 0.650. The van der Waals surface area contributed by atoms with Crippen molar-refractivity contribution < 1.29 is 18.3 Å². The lowest BCUT2D eigenvalue weighted by molar-refractivity contribution is -0.149. The molecule has 0 rings (SSSR count). The highest BCUT2D eigenvalue weighted by Crippen LogP contribution is 2.24. The van der Waals surface area contributed by atoms with Gasteiger partial charge in [-0.05, 0) is 24.3 Å². The highest BCUT2D eigenvalue weighted by Gasteiger charge is 2.33. The van der Waals surface area contributed by atoms with Gasteiger partial charge in [-0.15, -0.1) is 0 Å². The average Bonchev–Trinajstić information content (AvgIpc) is 2.26. The van der Waals surface area contributed by atoms with Crippen LogP contribution in [0.5, 0.6) is 0 Å². The van der Waals surface area contributed by atoms with Crippen LogP contribution in [0.1, 0.15) is 34.1 Å². The molecule has 0 fully saturated rings. The van der Waals surface area contributed by atoms with Crippen molar-refractivity contribution in [2.24, 2.45) is 11.3 Å². The summed E-state index contributed by atoms with van der Waals surface area (Å²) in [6.45, 7) is 8.87. The lowest BCUT2D eigenvalue weighted by atomic mass is 9.86. The lowest BCUT2D eigenvalue weighted by Gasteiger charge is -2.35. The molecule has 0 aliphatic heterocycles. The van der Waals surface area contributed by atoms with Gasteiger partial charge in [-0.2, -0.15) is 13.2 Å². The zero-order valence-corrected chi connectivity index (χ0v) is 13.1. The van der Waals surface area contributed by atoms with Crippen molar-refractivity contribution in [3.8, 4) is 0 Å². The van der Waals surface area contributed by atoms with Crippen molar-refractivity contribution >= 4 is 0 Å². The Morgan fingerprint density at radius 1 is 1.20 bits per heavy atom. The number of hydrogen-bond acceptors (Lipinski definition) is 3. The molecule has 0 aromatic rings. The predicted octanol–water partition coefficient (Wildman–Crippen LogP) is 2.50. The molecule has 6 heteroatoms. The first-order valence-electron chi connectivity index (χ1n) is 7.22. The molecular weight excluding hydrogens is 269 g/mol. The zero-order valence-electron chi connectivity index (χ0n) is 13.1. The molecular formula is C14H29F3N2O. The summed E-state index contributed by atoms with van der Waals surface area (Å²) in [7, 11) is 0. The second-order valence-corrected chi connectivity index (χ2v) is 6.24. The van der Waals surface area contributed by atoms with Gasteiger partial charge in [-0.3, -0.25) is 4.90 Å². The number of aliphatic hydroxyl groups excluding tert-OH is 1. The highest BCUT2D eigenvalue weighted by atomic mass is 19.4. The normalized spacial score (nSPS) is 15.9. The van der Waals surface area contributed by atoms with E-state index < -0.39 is 12.7 Å². The molecule has 0 heterocycles.